The molecule has 1 amide bonds. The Morgan fingerprint density at radius 1 is 1.04 bits per heavy atom. The maximum Gasteiger partial charge on any atom is 0.291 e. The molecule has 0 bridgehead atoms. The monoisotopic (exact) mass is 399 g/mol. The molecule has 0 aliphatic rings. The van der Waals surface area contributed by atoms with Crippen molar-refractivity contribution in [1.82, 2.24) is 0 Å². The van der Waals surface area contributed by atoms with Gasteiger partial charge in [-0.15, -0.1) is 0 Å². The van der Waals surface area contributed by atoms with E-state index in [2.05, 4.69) is 21.2 Å². The highest BCUT2D eigenvalue weighted by Crippen LogP contribution is 2.25. The molecule has 0 atom stereocenters. The molecule has 128 valence electrons. The van der Waals surface area contributed by atoms with Gasteiger partial charge in [0.15, 0.2) is 5.76 Å². The van der Waals surface area contributed by atoms with Crippen LogP contribution in [-0.4, -0.2) is 5.91 Å². The van der Waals surface area contributed by atoms with Gasteiger partial charge in [-0.3, -0.25) is 4.79 Å². The van der Waals surface area contributed by atoms with Crippen LogP contribution in [0, 0.1) is 13.8 Å². The minimum Gasteiger partial charge on any atom is -0.484 e. The molecule has 1 aromatic heterocycles. The predicted molar refractivity (Wildman–Crippen MR) is 101 cm³/mol. The fraction of sp³-hybridized carbons (Fsp3) is 0.150. The van der Waals surface area contributed by atoms with Gasteiger partial charge < -0.3 is 14.5 Å². The van der Waals surface area contributed by atoms with Crippen LogP contribution in [0.25, 0.3) is 0 Å². The molecule has 2 aromatic carbocycles. The number of para-hydroxylation sites is 2. The number of hydrogen-bond donors (Lipinski definition) is 1. The van der Waals surface area contributed by atoms with Crippen LogP contribution in [0.3, 0.4) is 0 Å². The first kappa shape index (κ1) is 17.3. The van der Waals surface area contributed by atoms with Crippen molar-refractivity contribution in [3.63, 3.8) is 0 Å². The lowest BCUT2D eigenvalue weighted by molar-refractivity contribution is 0.0992. The van der Waals surface area contributed by atoms with E-state index in [1.54, 1.807) is 12.1 Å². The average Bonchev–Trinajstić information content (AvgIpc) is 3.06. The minimum atomic E-state index is -0.274. The normalized spacial score (nSPS) is 10.5. The summed E-state index contributed by atoms with van der Waals surface area (Å²) in [7, 11) is 0. The molecular formula is C20H18BrNO3. The molecule has 0 aliphatic heterocycles. The topological polar surface area (TPSA) is 51.5 Å². The Morgan fingerprint density at radius 3 is 2.48 bits per heavy atom. The van der Waals surface area contributed by atoms with Crippen LogP contribution in [0.15, 0.2) is 63.5 Å². The summed E-state index contributed by atoms with van der Waals surface area (Å²) < 4.78 is 12.2. The number of rotatable bonds is 5. The number of carbonyl (C=O) groups excluding carboxylic acids is 1. The number of furan rings is 1. The Labute approximate surface area is 154 Å². The van der Waals surface area contributed by atoms with Gasteiger partial charge in [0.2, 0.25) is 0 Å². The van der Waals surface area contributed by atoms with Crippen LogP contribution in [0.2, 0.25) is 0 Å². The van der Waals surface area contributed by atoms with Crippen LogP contribution in [0.1, 0.15) is 27.4 Å². The Morgan fingerprint density at radius 2 is 1.76 bits per heavy atom. The third-order valence-electron chi connectivity index (χ3n) is 3.81. The lowest BCUT2D eigenvalue weighted by atomic mass is 10.1. The first-order chi connectivity index (χ1) is 12.0. The molecule has 5 heteroatoms. The number of carbonyl (C=O) groups is 1. The van der Waals surface area contributed by atoms with E-state index >= 15 is 0 Å². The second-order valence-electron chi connectivity index (χ2n) is 5.71. The van der Waals surface area contributed by atoms with Crippen molar-refractivity contribution < 1.29 is 13.9 Å². The fourth-order valence-corrected chi connectivity index (χ4v) is 2.87. The SMILES string of the molecule is Cc1cccc(C)c1NC(=O)c1ccc(COc2ccccc2Br)o1. The zero-order valence-corrected chi connectivity index (χ0v) is 15.6. The smallest absolute Gasteiger partial charge is 0.291 e. The summed E-state index contributed by atoms with van der Waals surface area (Å²) in [5.74, 6) is 1.29. The largest absolute Gasteiger partial charge is 0.484 e. The van der Waals surface area contributed by atoms with Crippen LogP contribution in [0.5, 0.6) is 5.75 Å². The van der Waals surface area contributed by atoms with Gasteiger partial charge in [-0.05, 0) is 65.2 Å². The van der Waals surface area contributed by atoms with Crippen LogP contribution in [-0.2, 0) is 6.61 Å². The van der Waals surface area contributed by atoms with Gasteiger partial charge in [0.25, 0.3) is 5.91 Å². The molecule has 3 aromatic rings. The van der Waals surface area contributed by atoms with Gasteiger partial charge in [0.05, 0.1) is 4.47 Å². The van der Waals surface area contributed by atoms with Crippen LogP contribution in [0.4, 0.5) is 5.69 Å². The first-order valence-corrected chi connectivity index (χ1v) is 8.67. The molecule has 4 nitrogen and oxygen atoms in total. The highest BCUT2D eigenvalue weighted by molar-refractivity contribution is 9.10. The van der Waals surface area contributed by atoms with Crippen molar-refractivity contribution in [2.45, 2.75) is 20.5 Å². The maximum absolute atomic E-state index is 12.4. The average molecular weight is 400 g/mol. The van der Waals surface area contributed by atoms with Gasteiger partial charge >= 0.3 is 0 Å². The molecule has 0 unspecified atom stereocenters. The second kappa shape index (κ2) is 7.57. The molecule has 0 spiro atoms. The van der Waals surface area contributed by atoms with E-state index in [9.17, 15) is 4.79 Å². The number of aryl methyl sites for hydroxylation is 2. The predicted octanol–water partition coefficient (Wildman–Crippen LogP) is 5.49. The van der Waals surface area contributed by atoms with E-state index in [-0.39, 0.29) is 18.3 Å². The number of nitrogens with one attached hydrogen (secondary N) is 1. The third kappa shape index (κ3) is 4.12. The molecular weight excluding hydrogens is 382 g/mol. The highest BCUT2D eigenvalue weighted by atomic mass is 79.9. The second-order valence-corrected chi connectivity index (χ2v) is 6.56. The van der Waals surface area contributed by atoms with Gasteiger partial charge in [0, 0.05) is 5.69 Å². The Hall–Kier alpha value is -2.53. The number of hydrogen-bond acceptors (Lipinski definition) is 3. The minimum absolute atomic E-state index is 0.249. The third-order valence-corrected chi connectivity index (χ3v) is 4.47. The summed E-state index contributed by atoms with van der Waals surface area (Å²) in [4.78, 5) is 12.4. The fourth-order valence-electron chi connectivity index (χ4n) is 2.47. The van der Waals surface area contributed by atoms with E-state index < -0.39 is 0 Å². The standard InChI is InChI=1S/C20H18BrNO3/c1-13-6-5-7-14(2)19(13)22-20(23)18-11-10-15(25-18)12-24-17-9-4-3-8-16(17)21/h3-11H,12H2,1-2H3,(H,22,23). The molecule has 0 saturated heterocycles. The molecule has 0 aliphatic carbocycles. The zero-order chi connectivity index (χ0) is 17.8. The number of ether oxygens (including phenoxy) is 1. The first-order valence-electron chi connectivity index (χ1n) is 7.88. The van der Waals surface area contributed by atoms with Gasteiger partial charge in [-0.2, -0.15) is 0 Å². The highest BCUT2D eigenvalue weighted by Gasteiger charge is 2.14. The molecule has 0 saturated carbocycles. The molecule has 3 rings (SSSR count). The Bertz CT molecular complexity index is 881. The van der Waals surface area contributed by atoms with Crippen molar-refractivity contribution in [2.75, 3.05) is 5.32 Å². The lowest BCUT2D eigenvalue weighted by Crippen LogP contribution is -2.13. The maximum atomic E-state index is 12.4. The zero-order valence-electron chi connectivity index (χ0n) is 14.0. The summed E-state index contributed by atoms with van der Waals surface area (Å²) >= 11 is 3.43. The van der Waals surface area contributed by atoms with E-state index in [0.717, 1.165) is 27.0 Å². The van der Waals surface area contributed by atoms with Crippen molar-refractivity contribution in [1.29, 1.82) is 0 Å². The Balaban J connectivity index is 1.67. The van der Waals surface area contributed by atoms with Crippen molar-refractivity contribution >= 4 is 27.5 Å². The van der Waals surface area contributed by atoms with E-state index in [0.29, 0.717) is 5.76 Å². The summed E-state index contributed by atoms with van der Waals surface area (Å²) in [6, 6.07) is 16.9. The molecule has 1 N–H and O–H groups in total. The van der Waals surface area contributed by atoms with E-state index in [1.165, 1.54) is 0 Å². The van der Waals surface area contributed by atoms with E-state index in [4.69, 9.17) is 9.15 Å². The van der Waals surface area contributed by atoms with Crippen LogP contribution < -0.4 is 10.1 Å². The van der Waals surface area contributed by atoms with Gasteiger partial charge in [-0.1, -0.05) is 30.3 Å². The summed E-state index contributed by atoms with van der Waals surface area (Å²) in [6.45, 7) is 4.17. The van der Waals surface area contributed by atoms with E-state index in [1.807, 2.05) is 56.3 Å². The number of amides is 1. The number of benzene rings is 2. The van der Waals surface area contributed by atoms with Crippen molar-refractivity contribution in [2.24, 2.45) is 0 Å². The number of halogens is 1. The molecule has 1 heterocycles. The molecule has 0 fully saturated rings. The van der Waals surface area contributed by atoms with Gasteiger partial charge in [0.1, 0.15) is 18.1 Å². The molecule has 25 heavy (non-hydrogen) atoms. The quantitative estimate of drug-likeness (QED) is 0.616. The summed E-state index contributed by atoms with van der Waals surface area (Å²) in [6.07, 6.45) is 0. The van der Waals surface area contributed by atoms with Crippen molar-refractivity contribution in [3.05, 3.63) is 81.7 Å². The number of anilines is 1. The van der Waals surface area contributed by atoms with Crippen molar-refractivity contribution in [3.8, 4) is 5.75 Å². The Kier molecular flexibility index (Phi) is 5.24. The van der Waals surface area contributed by atoms with Crippen LogP contribution >= 0.6 is 15.9 Å². The van der Waals surface area contributed by atoms with Gasteiger partial charge in [-0.25, -0.2) is 0 Å². The lowest BCUT2D eigenvalue weighted by Gasteiger charge is -2.10. The summed E-state index contributed by atoms with van der Waals surface area (Å²) in [5.41, 5.74) is 2.84. The molecule has 0 radical (unpaired) electrons. The summed E-state index contributed by atoms with van der Waals surface area (Å²) in [5, 5.41) is 2.91.